The Morgan fingerprint density at radius 2 is 2.12 bits per heavy atom. The Morgan fingerprint density at radius 3 is 2.65 bits per heavy atom. The van der Waals surface area contributed by atoms with Crippen LogP contribution in [0.2, 0.25) is 0 Å². The number of rotatable bonds is 2. The van der Waals surface area contributed by atoms with E-state index in [0.717, 1.165) is 11.4 Å². The molecule has 0 spiro atoms. The predicted molar refractivity (Wildman–Crippen MR) is 62.2 cm³/mol. The van der Waals surface area contributed by atoms with Crippen molar-refractivity contribution in [1.29, 1.82) is 0 Å². The lowest BCUT2D eigenvalue weighted by atomic mass is 10.2. The second-order valence-corrected chi connectivity index (χ2v) is 3.78. The molecule has 2 aromatic rings. The van der Waals surface area contributed by atoms with Crippen molar-refractivity contribution >= 4 is 11.7 Å². The molecule has 2 rings (SSSR count). The number of pyridine rings is 1. The summed E-state index contributed by atoms with van der Waals surface area (Å²) in [6.07, 6.45) is 1.41. The van der Waals surface area contributed by atoms with E-state index in [0.29, 0.717) is 5.69 Å². The summed E-state index contributed by atoms with van der Waals surface area (Å²) in [6, 6.07) is 3.23. The molecule has 0 aliphatic rings. The number of hydrogen-bond donors (Lipinski definition) is 2. The zero-order valence-electron chi connectivity index (χ0n) is 9.51. The van der Waals surface area contributed by atoms with Crippen LogP contribution < -0.4 is 5.73 Å². The molecule has 0 bridgehead atoms. The summed E-state index contributed by atoms with van der Waals surface area (Å²) in [7, 11) is 0. The minimum Gasteiger partial charge on any atom is -0.478 e. The van der Waals surface area contributed by atoms with Gasteiger partial charge in [0.05, 0.1) is 17.6 Å². The third kappa shape index (κ3) is 1.96. The molecule has 0 aliphatic heterocycles. The van der Waals surface area contributed by atoms with Crippen molar-refractivity contribution < 1.29 is 9.90 Å². The molecule has 2 heterocycles. The molecule has 0 radical (unpaired) electrons. The number of hydrogen-bond acceptors (Lipinski definition) is 4. The molecule has 0 aliphatic carbocycles. The lowest BCUT2D eigenvalue weighted by Gasteiger charge is -2.07. The fourth-order valence-electron chi connectivity index (χ4n) is 1.64. The zero-order chi connectivity index (χ0) is 12.6. The monoisotopic (exact) mass is 232 g/mol. The summed E-state index contributed by atoms with van der Waals surface area (Å²) in [6.45, 7) is 3.67. The van der Waals surface area contributed by atoms with Gasteiger partial charge >= 0.3 is 5.97 Å². The number of aryl methyl sites for hydroxylation is 2. The van der Waals surface area contributed by atoms with Crippen molar-refractivity contribution in [2.75, 3.05) is 5.73 Å². The topological polar surface area (TPSA) is 94.0 Å². The van der Waals surface area contributed by atoms with E-state index in [1.807, 2.05) is 19.9 Å². The molecule has 0 saturated heterocycles. The van der Waals surface area contributed by atoms with Crippen molar-refractivity contribution in [3.05, 3.63) is 35.3 Å². The Balaban J connectivity index is 2.67. The van der Waals surface area contributed by atoms with Crippen LogP contribution in [0, 0.1) is 13.8 Å². The SMILES string of the molecule is Cc1cc(C)n(-c2ncc(N)cc2C(=O)O)n1. The van der Waals surface area contributed by atoms with E-state index in [1.54, 1.807) is 0 Å². The Morgan fingerprint density at radius 1 is 1.41 bits per heavy atom. The molecular formula is C11H12N4O2. The molecule has 88 valence electrons. The fraction of sp³-hybridized carbons (Fsp3) is 0.182. The van der Waals surface area contributed by atoms with Crippen LogP contribution in [0.15, 0.2) is 18.3 Å². The molecule has 0 atom stereocenters. The van der Waals surface area contributed by atoms with Gasteiger partial charge in [-0.2, -0.15) is 5.10 Å². The smallest absolute Gasteiger partial charge is 0.339 e. The predicted octanol–water partition coefficient (Wildman–Crippen LogP) is 1.16. The molecule has 3 N–H and O–H groups in total. The van der Waals surface area contributed by atoms with Crippen molar-refractivity contribution in [2.24, 2.45) is 0 Å². The number of nitrogens with zero attached hydrogens (tertiary/aromatic N) is 3. The number of carboxylic acid groups (broad SMARTS) is 1. The summed E-state index contributed by atoms with van der Waals surface area (Å²) >= 11 is 0. The molecule has 6 heteroatoms. The lowest BCUT2D eigenvalue weighted by Crippen LogP contribution is -2.11. The maximum atomic E-state index is 11.1. The quantitative estimate of drug-likeness (QED) is 0.810. The van der Waals surface area contributed by atoms with Gasteiger partial charge in [0.15, 0.2) is 5.82 Å². The number of carbonyl (C=O) groups is 1. The average Bonchev–Trinajstić information content (AvgIpc) is 2.57. The maximum absolute atomic E-state index is 11.1. The summed E-state index contributed by atoms with van der Waals surface area (Å²) in [5.74, 6) is -0.801. The van der Waals surface area contributed by atoms with Gasteiger partial charge in [0.1, 0.15) is 5.56 Å². The first-order chi connectivity index (χ1) is 7.99. The van der Waals surface area contributed by atoms with Crippen LogP contribution in [0.4, 0.5) is 5.69 Å². The van der Waals surface area contributed by atoms with Gasteiger partial charge in [-0.25, -0.2) is 14.5 Å². The second kappa shape index (κ2) is 3.89. The molecule has 6 nitrogen and oxygen atoms in total. The fourth-order valence-corrected chi connectivity index (χ4v) is 1.64. The molecule has 2 aromatic heterocycles. The van der Waals surface area contributed by atoms with Crippen LogP contribution in [0.3, 0.4) is 0 Å². The van der Waals surface area contributed by atoms with Gasteiger partial charge < -0.3 is 10.8 Å². The first-order valence-electron chi connectivity index (χ1n) is 5.01. The van der Waals surface area contributed by atoms with Crippen molar-refractivity contribution in [3.8, 4) is 5.82 Å². The van der Waals surface area contributed by atoms with Gasteiger partial charge in [-0.3, -0.25) is 0 Å². The summed E-state index contributed by atoms with van der Waals surface area (Å²) in [5, 5.41) is 13.3. The number of nitrogen functional groups attached to an aromatic ring is 1. The van der Waals surface area contributed by atoms with Gasteiger partial charge in [0.25, 0.3) is 0 Å². The minimum absolute atomic E-state index is 0.0381. The molecule has 0 unspecified atom stereocenters. The van der Waals surface area contributed by atoms with Crippen LogP contribution in [-0.4, -0.2) is 25.8 Å². The molecule has 0 aromatic carbocycles. The highest BCUT2D eigenvalue weighted by Gasteiger charge is 2.16. The lowest BCUT2D eigenvalue weighted by molar-refractivity contribution is 0.0696. The third-order valence-electron chi connectivity index (χ3n) is 2.33. The minimum atomic E-state index is -1.08. The number of carboxylic acids is 1. The zero-order valence-corrected chi connectivity index (χ0v) is 9.51. The van der Waals surface area contributed by atoms with E-state index in [9.17, 15) is 4.79 Å². The van der Waals surface area contributed by atoms with Crippen LogP contribution in [-0.2, 0) is 0 Å². The highest BCUT2D eigenvalue weighted by atomic mass is 16.4. The summed E-state index contributed by atoms with van der Waals surface area (Å²) in [5.41, 5.74) is 7.51. The maximum Gasteiger partial charge on any atom is 0.339 e. The third-order valence-corrected chi connectivity index (χ3v) is 2.33. The van der Waals surface area contributed by atoms with Gasteiger partial charge in [0, 0.05) is 5.69 Å². The standard InChI is InChI=1S/C11H12N4O2/c1-6-3-7(2)15(14-6)10-9(11(16)17)4-8(12)5-13-10/h3-5H,12H2,1-2H3,(H,16,17). The van der Waals surface area contributed by atoms with Crippen LogP contribution in [0.1, 0.15) is 21.7 Å². The first kappa shape index (κ1) is 11.1. The number of nitrogens with two attached hydrogens (primary N) is 1. The van der Waals surface area contributed by atoms with E-state index < -0.39 is 5.97 Å². The molecule has 17 heavy (non-hydrogen) atoms. The van der Waals surface area contributed by atoms with Gasteiger partial charge in [-0.1, -0.05) is 0 Å². The highest BCUT2D eigenvalue weighted by molar-refractivity contribution is 5.92. The Bertz CT molecular complexity index is 589. The molecule has 0 amide bonds. The molecule has 0 fully saturated rings. The summed E-state index contributed by atoms with van der Waals surface area (Å²) < 4.78 is 1.50. The van der Waals surface area contributed by atoms with E-state index >= 15 is 0 Å². The Hall–Kier alpha value is -2.37. The van der Waals surface area contributed by atoms with Crippen LogP contribution in [0.25, 0.3) is 5.82 Å². The molecular weight excluding hydrogens is 220 g/mol. The van der Waals surface area contributed by atoms with E-state index in [4.69, 9.17) is 10.8 Å². The van der Waals surface area contributed by atoms with Gasteiger partial charge in [-0.15, -0.1) is 0 Å². The summed E-state index contributed by atoms with van der Waals surface area (Å²) in [4.78, 5) is 15.2. The van der Waals surface area contributed by atoms with Crippen LogP contribution in [0.5, 0.6) is 0 Å². The Kier molecular flexibility index (Phi) is 2.55. The van der Waals surface area contributed by atoms with E-state index in [1.165, 1.54) is 16.9 Å². The number of aromatic carboxylic acids is 1. The van der Waals surface area contributed by atoms with E-state index in [-0.39, 0.29) is 11.4 Å². The van der Waals surface area contributed by atoms with Gasteiger partial charge in [-0.05, 0) is 26.0 Å². The number of aromatic nitrogens is 3. The first-order valence-corrected chi connectivity index (χ1v) is 5.01. The van der Waals surface area contributed by atoms with Crippen molar-refractivity contribution in [1.82, 2.24) is 14.8 Å². The largest absolute Gasteiger partial charge is 0.478 e. The molecule has 0 saturated carbocycles. The Labute approximate surface area is 97.7 Å². The van der Waals surface area contributed by atoms with Crippen molar-refractivity contribution in [3.63, 3.8) is 0 Å². The highest BCUT2D eigenvalue weighted by Crippen LogP contribution is 2.17. The second-order valence-electron chi connectivity index (χ2n) is 3.78. The van der Waals surface area contributed by atoms with Crippen LogP contribution >= 0.6 is 0 Å². The van der Waals surface area contributed by atoms with Gasteiger partial charge in [0.2, 0.25) is 0 Å². The average molecular weight is 232 g/mol. The van der Waals surface area contributed by atoms with Crippen molar-refractivity contribution in [2.45, 2.75) is 13.8 Å². The van der Waals surface area contributed by atoms with E-state index in [2.05, 4.69) is 10.1 Å². The number of anilines is 1. The normalized spacial score (nSPS) is 10.5.